The Morgan fingerprint density at radius 1 is 1.08 bits per heavy atom. The van der Waals surface area contributed by atoms with Crippen LogP contribution in [0.5, 0.6) is 11.5 Å². The third-order valence-electron chi connectivity index (χ3n) is 3.74. The molecule has 6 heteroatoms. The lowest BCUT2D eigenvalue weighted by molar-refractivity contribution is 0.102. The second-order valence-electron chi connectivity index (χ2n) is 5.99. The Bertz CT molecular complexity index is 791. The van der Waals surface area contributed by atoms with Gasteiger partial charge in [0.2, 0.25) is 0 Å². The molecule has 2 rings (SSSR count). The fraction of sp³-hybridized carbons (Fsp3) is 0.350. The van der Waals surface area contributed by atoms with Crippen molar-refractivity contribution in [2.75, 3.05) is 18.5 Å². The average molecular weight is 485 g/mol. The predicted octanol–water partition coefficient (Wildman–Crippen LogP) is 6.38. The van der Waals surface area contributed by atoms with E-state index >= 15 is 0 Å². The van der Waals surface area contributed by atoms with Crippen molar-refractivity contribution in [1.29, 1.82) is 0 Å². The number of hydrogen-bond donors (Lipinski definition) is 1. The van der Waals surface area contributed by atoms with Crippen LogP contribution in [0.2, 0.25) is 0 Å². The van der Waals surface area contributed by atoms with Gasteiger partial charge in [-0.2, -0.15) is 0 Å². The summed E-state index contributed by atoms with van der Waals surface area (Å²) in [7, 11) is 0. The van der Waals surface area contributed by atoms with Gasteiger partial charge >= 0.3 is 0 Å². The lowest BCUT2D eigenvalue weighted by Crippen LogP contribution is -2.14. The highest BCUT2D eigenvalue weighted by Gasteiger charge is 2.17. The maximum atomic E-state index is 12.8. The molecule has 2 aromatic rings. The van der Waals surface area contributed by atoms with E-state index in [1.807, 2.05) is 32.0 Å². The summed E-state index contributed by atoms with van der Waals surface area (Å²) in [4.78, 5) is 12.8. The average Bonchev–Trinajstić information content (AvgIpc) is 2.59. The highest BCUT2D eigenvalue weighted by Crippen LogP contribution is 2.37. The molecular formula is C20H23Br2NO3. The first kappa shape index (κ1) is 20.8. The zero-order valence-electron chi connectivity index (χ0n) is 15.4. The van der Waals surface area contributed by atoms with Crippen LogP contribution < -0.4 is 14.8 Å². The maximum Gasteiger partial charge on any atom is 0.255 e. The van der Waals surface area contributed by atoms with Gasteiger partial charge in [0.05, 0.1) is 17.7 Å². The largest absolute Gasteiger partial charge is 0.490 e. The van der Waals surface area contributed by atoms with Crippen LogP contribution in [-0.2, 0) is 0 Å². The van der Waals surface area contributed by atoms with Crippen molar-refractivity contribution in [1.82, 2.24) is 0 Å². The fourth-order valence-corrected chi connectivity index (χ4v) is 3.50. The van der Waals surface area contributed by atoms with Crippen LogP contribution in [0.3, 0.4) is 0 Å². The third-order valence-corrected chi connectivity index (χ3v) is 4.83. The zero-order chi connectivity index (χ0) is 19.3. The smallest absolute Gasteiger partial charge is 0.255 e. The molecule has 0 aliphatic carbocycles. The number of hydrogen-bond acceptors (Lipinski definition) is 3. The molecule has 0 atom stereocenters. The number of halogens is 2. The Morgan fingerprint density at radius 3 is 2.38 bits per heavy atom. The molecule has 0 radical (unpaired) electrons. The SMILES string of the molecule is CCOc1cc(C(=O)Nc2ccc(Br)cc2C(C)C)cc(Br)c1OCC. The molecule has 1 N–H and O–H groups in total. The number of amides is 1. The standard InChI is InChI=1S/C20H23Br2NO3/c1-5-25-18-10-13(9-16(22)19(18)26-6-2)20(24)23-17-8-7-14(21)11-15(17)12(3)4/h7-12H,5-6H2,1-4H3,(H,23,24). The first-order chi connectivity index (χ1) is 12.4. The van der Waals surface area contributed by atoms with Gasteiger partial charge in [-0.1, -0.05) is 29.8 Å². The van der Waals surface area contributed by atoms with Gasteiger partial charge in [-0.3, -0.25) is 4.79 Å². The van der Waals surface area contributed by atoms with Crippen molar-refractivity contribution in [3.05, 3.63) is 50.4 Å². The van der Waals surface area contributed by atoms with Gasteiger partial charge < -0.3 is 14.8 Å². The van der Waals surface area contributed by atoms with Gasteiger partial charge in [-0.05, 0) is 71.6 Å². The summed E-state index contributed by atoms with van der Waals surface area (Å²) in [6.45, 7) is 9.00. The third kappa shape index (κ3) is 5.01. The summed E-state index contributed by atoms with van der Waals surface area (Å²) in [5.41, 5.74) is 2.38. The summed E-state index contributed by atoms with van der Waals surface area (Å²) in [6.07, 6.45) is 0. The van der Waals surface area contributed by atoms with E-state index in [-0.39, 0.29) is 11.8 Å². The Labute approximate surface area is 171 Å². The van der Waals surface area contributed by atoms with E-state index in [0.29, 0.717) is 34.7 Å². The van der Waals surface area contributed by atoms with E-state index in [0.717, 1.165) is 15.7 Å². The fourth-order valence-electron chi connectivity index (χ4n) is 2.57. The van der Waals surface area contributed by atoms with E-state index in [9.17, 15) is 4.79 Å². The lowest BCUT2D eigenvalue weighted by Gasteiger charge is -2.16. The van der Waals surface area contributed by atoms with Gasteiger partial charge in [0.1, 0.15) is 0 Å². The Hall–Kier alpha value is -1.53. The lowest BCUT2D eigenvalue weighted by atomic mass is 10.0. The van der Waals surface area contributed by atoms with Crippen LogP contribution in [-0.4, -0.2) is 19.1 Å². The number of anilines is 1. The van der Waals surface area contributed by atoms with E-state index in [1.165, 1.54) is 0 Å². The van der Waals surface area contributed by atoms with Gasteiger partial charge in [0.15, 0.2) is 11.5 Å². The van der Waals surface area contributed by atoms with Crippen molar-refractivity contribution in [3.63, 3.8) is 0 Å². The molecular weight excluding hydrogens is 462 g/mol. The van der Waals surface area contributed by atoms with Gasteiger partial charge in [0.25, 0.3) is 5.91 Å². The minimum atomic E-state index is -0.195. The van der Waals surface area contributed by atoms with Crippen LogP contribution in [0.15, 0.2) is 39.3 Å². The number of ether oxygens (including phenoxy) is 2. The van der Waals surface area contributed by atoms with E-state index in [1.54, 1.807) is 12.1 Å². The van der Waals surface area contributed by atoms with Gasteiger partial charge in [-0.15, -0.1) is 0 Å². The molecule has 0 aromatic heterocycles. The second-order valence-corrected chi connectivity index (χ2v) is 7.76. The first-order valence-electron chi connectivity index (χ1n) is 8.57. The molecule has 0 bridgehead atoms. The van der Waals surface area contributed by atoms with E-state index in [2.05, 4.69) is 51.0 Å². The van der Waals surface area contributed by atoms with Crippen LogP contribution in [0.1, 0.15) is 49.5 Å². The van der Waals surface area contributed by atoms with Crippen LogP contribution in [0.25, 0.3) is 0 Å². The molecule has 0 aliphatic rings. The summed E-state index contributed by atoms with van der Waals surface area (Å²) in [6, 6.07) is 9.31. The highest BCUT2D eigenvalue weighted by molar-refractivity contribution is 9.10. The molecule has 140 valence electrons. The Balaban J connectivity index is 2.36. The summed E-state index contributed by atoms with van der Waals surface area (Å²) < 4.78 is 13.0. The van der Waals surface area contributed by atoms with Crippen molar-refractivity contribution >= 4 is 43.5 Å². The second kappa shape index (κ2) is 9.42. The van der Waals surface area contributed by atoms with Gasteiger partial charge in [-0.25, -0.2) is 0 Å². The normalized spacial score (nSPS) is 10.7. The van der Waals surface area contributed by atoms with Crippen molar-refractivity contribution in [2.24, 2.45) is 0 Å². The predicted molar refractivity (Wildman–Crippen MR) is 113 cm³/mol. The number of carbonyl (C=O) groups is 1. The minimum absolute atomic E-state index is 0.195. The minimum Gasteiger partial charge on any atom is -0.490 e. The molecule has 0 saturated carbocycles. The number of carbonyl (C=O) groups excluding carboxylic acids is 1. The molecule has 0 spiro atoms. The first-order valence-corrected chi connectivity index (χ1v) is 10.2. The molecule has 26 heavy (non-hydrogen) atoms. The maximum absolute atomic E-state index is 12.8. The van der Waals surface area contributed by atoms with Crippen LogP contribution in [0, 0.1) is 0 Å². The van der Waals surface area contributed by atoms with Crippen LogP contribution >= 0.6 is 31.9 Å². The molecule has 0 saturated heterocycles. The molecule has 0 fully saturated rings. The summed E-state index contributed by atoms with van der Waals surface area (Å²) in [5, 5.41) is 3.01. The quantitative estimate of drug-likeness (QED) is 0.495. The monoisotopic (exact) mass is 483 g/mol. The van der Waals surface area contributed by atoms with Crippen molar-refractivity contribution in [3.8, 4) is 11.5 Å². The Morgan fingerprint density at radius 2 is 1.77 bits per heavy atom. The molecule has 0 heterocycles. The van der Waals surface area contributed by atoms with Crippen LogP contribution in [0.4, 0.5) is 5.69 Å². The topological polar surface area (TPSA) is 47.6 Å². The Kier molecular flexibility index (Phi) is 7.53. The van der Waals surface area contributed by atoms with Crippen molar-refractivity contribution < 1.29 is 14.3 Å². The summed E-state index contributed by atoms with van der Waals surface area (Å²) in [5.74, 6) is 1.25. The molecule has 4 nitrogen and oxygen atoms in total. The van der Waals surface area contributed by atoms with E-state index in [4.69, 9.17) is 9.47 Å². The number of rotatable bonds is 7. The van der Waals surface area contributed by atoms with Crippen molar-refractivity contribution in [2.45, 2.75) is 33.6 Å². The molecule has 0 unspecified atom stereocenters. The summed E-state index contributed by atoms with van der Waals surface area (Å²) >= 11 is 6.96. The molecule has 2 aromatic carbocycles. The number of nitrogens with one attached hydrogen (secondary N) is 1. The number of benzene rings is 2. The molecule has 0 aliphatic heterocycles. The highest BCUT2D eigenvalue weighted by atomic mass is 79.9. The van der Waals surface area contributed by atoms with Gasteiger partial charge in [0, 0.05) is 15.7 Å². The van der Waals surface area contributed by atoms with E-state index < -0.39 is 0 Å². The molecule has 1 amide bonds. The zero-order valence-corrected chi connectivity index (χ0v) is 18.5.